The maximum Gasteiger partial charge on any atom is 0.238 e. The number of anilines is 2. The van der Waals surface area contributed by atoms with Crippen LogP contribution in [0.5, 0.6) is 0 Å². The van der Waals surface area contributed by atoms with Crippen molar-refractivity contribution in [1.29, 1.82) is 0 Å². The Kier molecular flexibility index (Phi) is 5.77. The van der Waals surface area contributed by atoms with Crippen molar-refractivity contribution in [2.24, 2.45) is 0 Å². The Morgan fingerprint density at radius 3 is 2.27 bits per heavy atom. The number of benzene rings is 1. The molecule has 1 heterocycles. The van der Waals surface area contributed by atoms with Crippen LogP contribution in [-0.2, 0) is 9.59 Å². The molecule has 22 heavy (non-hydrogen) atoms. The predicted molar refractivity (Wildman–Crippen MR) is 88.1 cm³/mol. The first kappa shape index (κ1) is 16.3. The molecule has 0 radical (unpaired) electrons. The molecule has 1 aromatic rings. The summed E-state index contributed by atoms with van der Waals surface area (Å²) in [4.78, 5) is 27.2. The molecule has 1 aromatic carbocycles. The van der Waals surface area contributed by atoms with Gasteiger partial charge in [0.15, 0.2) is 0 Å². The Hall–Kier alpha value is -2.08. The van der Waals surface area contributed by atoms with E-state index in [1.807, 2.05) is 24.3 Å². The van der Waals surface area contributed by atoms with E-state index in [0.29, 0.717) is 0 Å². The van der Waals surface area contributed by atoms with Crippen LogP contribution >= 0.6 is 0 Å². The minimum absolute atomic E-state index is 0.106. The van der Waals surface area contributed by atoms with Crippen LogP contribution in [0, 0.1) is 0 Å². The SMILES string of the molecule is CNC(=O)CN(C)CC(=O)Nc1ccc(N2CCCC2)cc1. The van der Waals surface area contributed by atoms with E-state index in [4.69, 9.17) is 0 Å². The largest absolute Gasteiger partial charge is 0.372 e. The molecule has 0 aromatic heterocycles. The summed E-state index contributed by atoms with van der Waals surface area (Å²) < 4.78 is 0. The molecule has 0 unspecified atom stereocenters. The number of nitrogens with one attached hydrogen (secondary N) is 2. The van der Waals surface area contributed by atoms with Gasteiger partial charge in [0.1, 0.15) is 0 Å². The van der Waals surface area contributed by atoms with Crippen LogP contribution in [0.1, 0.15) is 12.8 Å². The van der Waals surface area contributed by atoms with Crippen LogP contribution in [0.2, 0.25) is 0 Å². The molecule has 6 heteroatoms. The fraction of sp³-hybridized carbons (Fsp3) is 0.500. The first-order valence-corrected chi connectivity index (χ1v) is 7.62. The van der Waals surface area contributed by atoms with Crippen LogP contribution < -0.4 is 15.5 Å². The third-order valence-corrected chi connectivity index (χ3v) is 3.73. The van der Waals surface area contributed by atoms with E-state index in [1.165, 1.54) is 18.5 Å². The molecule has 1 fully saturated rings. The standard InChI is InChI=1S/C16H24N4O2/c1-17-15(21)11-19(2)12-16(22)18-13-5-7-14(8-6-13)20-9-3-4-10-20/h5-8H,3-4,9-12H2,1-2H3,(H,17,21)(H,18,22). The highest BCUT2D eigenvalue weighted by molar-refractivity contribution is 5.92. The molecular formula is C16H24N4O2. The minimum Gasteiger partial charge on any atom is -0.372 e. The number of nitrogens with zero attached hydrogens (tertiary/aromatic N) is 2. The second kappa shape index (κ2) is 7.79. The van der Waals surface area contributed by atoms with Crippen LogP contribution in [0.15, 0.2) is 24.3 Å². The van der Waals surface area contributed by atoms with Crippen molar-refractivity contribution in [2.75, 3.05) is 50.5 Å². The molecule has 0 bridgehead atoms. The maximum absolute atomic E-state index is 11.9. The van der Waals surface area contributed by atoms with Crippen molar-refractivity contribution in [3.8, 4) is 0 Å². The summed E-state index contributed by atoms with van der Waals surface area (Å²) in [5.74, 6) is -0.231. The number of hydrogen-bond donors (Lipinski definition) is 2. The van der Waals surface area contributed by atoms with Crippen LogP contribution in [0.25, 0.3) is 0 Å². The molecule has 0 aliphatic carbocycles. The van der Waals surface area contributed by atoms with Crippen molar-refractivity contribution in [3.05, 3.63) is 24.3 Å². The van der Waals surface area contributed by atoms with E-state index in [1.54, 1.807) is 19.0 Å². The first-order valence-electron chi connectivity index (χ1n) is 7.62. The lowest BCUT2D eigenvalue weighted by atomic mass is 10.2. The van der Waals surface area contributed by atoms with E-state index in [0.717, 1.165) is 18.8 Å². The molecular weight excluding hydrogens is 280 g/mol. The summed E-state index contributed by atoms with van der Waals surface area (Å²) in [6.07, 6.45) is 2.49. The van der Waals surface area contributed by atoms with Crippen LogP contribution in [0.3, 0.4) is 0 Å². The van der Waals surface area contributed by atoms with Gasteiger partial charge in [0.2, 0.25) is 11.8 Å². The number of hydrogen-bond acceptors (Lipinski definition) is 4. The highest BCUT2D eigenvalue weighted by Gasteiger charge is 2.13. The molecule has 0 saturated carbocycles. The quantitative estimate of drug-likeness (QED) is 0.820. The van der Waals surface area contributed by atoms with Crippen molar-refractivity contribution in [2.45, 2.75) is 12.8 Å². The lowest BCUT2D eigenvalue weighted by molar-refractivity contribution is -0.122. The van der Waals surface area contributed by atoms with Gasteiger partial charge >= 0.3 is 0 Å². The second-order valence-electron chi connectivity index (χ2n) is 5.63. The number of rotatable bonds is 6. The van der Waals surface area contributed by atoms with E-state index >= 15 is 0 Å². The lowest BCUT2D eigenvalue weighted by Gasteiger charge is -2.18. The minimum atomic E-state index is -0.125. The summed E-state index contributed by atoms with van der Waals surface area (Å²) in [6, 6.07) is 7.92. The zero-order chi connectivity index (χ0) is 15.9. The maximum atomic E-state index is 11.9. The molecule has 1 aliphatic rings. The second-order valence-corrected chi connectivity index (χ2v) is 5.63. The molecule has 2 rings (SSSR count). The third kappa shape index (κ3) is 4.73. The Bertz CT molecular complexity index is 509. The van der Waals surface area contributed by atoms with Crippen molar-refractivity contribution >= 4 is 23.2 Å². The molecule has 2 N–H and O–H groups in total. The Labute approximate surface area is 131 Å². The summed E-state index contributed by atoms with van der Waals surface area (Å²) in [7, 11) is 3.32. The third-order valence-electron chi connectivity index (χ3n) is 3.73. The van der Waals surface area contributed by atoms with Gasteiger partial charge in [-0.3, -0.25) is 14.5 Å². The van der Waals surface area contributed by atoms with Gasteiger partial charge in [0.25, 0.3) is 0 Å². The average molecular weight is 304 g/mol. The molecule has 2 amide bonds. The molecule has 1 aliphatic heterocycles. The Balaban J connectivity index is 1.82. The van der Waals surface area contributed by atoms with E-state index in [-0.39, 0.29) is 24.9 Å². The monoisotopic (exact) mass is 304 g/mol. The normalized spacial score (nSPS) is 14.2. The topological polar surface area (TPSA) is 64.7 Å². The lowest BCUT2D eigenvalue weighted by Crippen LogP contribution is -2.37. The van der Waals surface area contributed by atoms with E-state index < -0.39 is 0 Å². The van der Waals surface area contributed by atoms with Gasteiger partial charge < -0.3 is 15.5 Å². The number of carbonyl (C=O) groups is 2. The van der Waals surface area contributed by atoms with Gasteiger partial charge in [-0.05, 0) is 44.2 Å². The average Bonchev–Trinajstić information content (AvgIpc) is 3.01. The highest BCUT2D eigenvalue weighted by atomic mass is 16.2. The van der Waals surface area contributed by atoms with Crippen molar-refractivity contribution < 1.29 is 9.59 Å². The molecule has 0 atom stereocenters. The Morgan fingerprint density at radius 1 is 1.09 bits per heavy atom. The fourth-order valence-electron chi connectivity index (χ4n) is 2.56. The number of amides is 2. The Morgan fingerprint density at radius 2 is 1.68 bits per heavy atom. The first-order chi connectivity index (χ1) is 10.6. The molecule has 120 valence electrons. The zero-order valence-corrected chi connectivity index (χ0v) is 13.3. The van der Waals surface area contributed by atoms with E-state index in [9.17, 15) is 9.59 Å². The number of likely N-dealkylation sites (N-methyl/N-ethyl adjacent to an activating group) is 2. The molecule has 0 spiro atoms. The van der Waals surface area contributed by atoms with Gasteiger partial charge in [-0.1, -0.05) is 0 Å². The van der Waals surface area contributed by atoms with Crippen LogP contribution in [0.4, 0.5) is 11.4 Å². The summed E-state index contributed by atoms with van der Waals surface area (Å²) >= 11 is 0. The van der Waals surface area contributed by atoms with Gasteiger partial charge in [0.05, 0.1) is 13.1 Å². The molecule has 1 saturated heterocycles. The zero-order valence-electron chi connectivity index (χ0n) is 13.3. The smallest absolute Gasteiger partial charge is 0.238 e. The van der Waals surface area contributed by atoms with Gasteiger partial charge in [-0.25, -0.2) is 0 Å². The highest BCUT2D eigenvalue weighted by Crippen LogP contribution is 2.21. The summed E-state index contributed by atoms with van der Waals surface area (Å²) in [5.41, 5.74) is 1.98. The fourth-order valence-corrected chi connectivity index (χ4v) is 2.56. The van der Waals surface area contributed by atoms with Gasteiger partial charge in [0, 0.05) is 31.5 Å². The molecule has 6 nitrogen and oxygen atoms in total. The summed E-state index contributed by atoms with van der Waals surface area (Å²) in [5, 5.41) is 5.39. The number of carbonyl (C=O) groups excluding carboxylic acids is 2. The van der Waals surface area contributed by atoms with Crippen molar-refractivity contribution in [3.63, 3.8) is 0 Å². The van der Waals surface area contributed by atoms with Crippen LogP contribution in [-0.4, -0.2) is 57.0 Å². The van der Waals surface area contributed by atoms with Gasteiger partial charge in [-0.15, -0.1) is 0 Å². The van der Waals surface area contributed by atoms with E-state index in [2.05, 4.69) is 15.5 Å². The summed E-state index contributed by atoms with van der Waals surface area (Å²) in [6.45, 7) is 2.60. The van der Waals surface area contributed by atoms with Gasteiger partial charge in [-0.2, -0.15) is 0 Å². The van der Waals surface area contributed by atoms with Crippen molar-refractivity contribution in [1.82, 2.24) is 10.2 Å². The predicted octanol–water partition coefficient (Wildman–Crippen LogP) is 0.903.